The third kappa shape index (κ3) is 5.43. The minimum atomic E-state index is -0.135. The van der Waals surface area contributed by atoms with E-state index in [-0.39, 0.29) is 5.82 Å². The van der Waals surface area contributed by atoms with Gasteiger partial charge >= 0.3 is 0 Å². The monoisotopic (exact) mass is 349 g/mol. The van der Waals surface area contributed by atoms with E-state index in [1.807, 2.05) is 24.3 Å². The fourth-order valence-corrected chi connectivity index (χ4v) is 2.71. The Morgan fingerprint density at radius 1 is 0.846 bits per heavy atom. The first-order valence-corrected chi connectivity index (χ1v) is 8.92. The normalized spacial score (nSPS) is 10.7. The summed E-state index contributed by atoms with van der Waals surface area (Å²) in [6.07, 6.45) is 0.685. The zero-order chi connectivity index (χ0) is 18.2. The van der Waals surface area contributed by atoms with Gasteiger partial charge in [0, 0.05) is 6.54 Å². The SMILES string of the molecule is Cc1ccc(COc2ccc(CNCCc3ccccc3F)cc2)cc1. The molecule has 0 spiro atoms. The van der Waals surface area contributed by atoms with Crippen molar-refractivity contribution in [3.05, 3.63) is 101 Å². The first kappa shape index (κ1) is 18.2. The summed E-state index contributed by atoms with van der Waals surface area (Å²) in [5.41, 5.74) is 4.34. The molecule has 0 atom stereocenters. The van der Waals surface area contributed by atoms with Crippen molar-refractivity contribution in [2.24, 2.45) is 0 Å². The fourth-order valence-electron chi connectivity index (χ4n) is 2.71. The first-order chi connectivity index (χ1) is 12.7. The summed E-state index contributed by atoms with van der Waals surface area (Å²) in [5, 5.41) is 3.35. The maximum Gasteiger partial charge on any atom is 0.126 e. The van der Waals surface area contributed by atoms with E-state index >= 15 is 0 Å². The van der Waals surface area contributed by atoms with E-state index in [0.717, 1.165) is 30.0 Å². The van der Waals surface area contributed by atoms with Crippen LogP contribution < -0.4 is 10.1 Å². The van der Waals surface area contributed by atoms with Crippen molar-refractivity contribution in [2.45, 2.75) is 26.5 Å². The van der Waals surface area contributed by atoms with E-state index in [2.05, 4.69) is 48.6 Å². The third-order valence-electron chi connectivity index (χ3n) is 4.31. The van der Waals surface area contributed by atoms with Crippen molar-refractivity contribution < 1.29 is 9.13 Å². The van der Waals surface area contributed by atoms with Crippen molar-refractivity contribution >= 4 is 0 Å². The van der Waals surface area contributed by atoms with Gasteiger partial charge in [-0.15, -0.1) is 0 Å². The molecule has 0 fully saturated rings. The zero-order valence-electron chi connectivity index (χ0n) is 15.0. The van der Waals surface area contributed by atoms with Crippen LogP contribution in [0.2, 0.25) is 0 Å². The Hall–Kier alpha value is -2.65. The van der Waals surface area contributed by atoms with Gasteiger partial charge in [0.1, 0.15) is 18.2 Å². The molecule has 3 rings (SSSR count). The predicted molar refractivity (Wildman–Crippen MR) is 104 cm³/mol. The Bertz CT molecular complexity index is 812. The lowest BCUT2D eigenvalue weighted by atomic mass is 10.1. The van der Waals surface area contributed by atoms with Crippen molar-refractivity contribution in [2.75, 3.05) is 6.54 Å². The van der Waals surface area contributed by atoms with Crippen LogP contribution in [0.5, 0.6) is 5.75 Å². The van der Waals surface area contributed by atoms with E-state index in [1.165, 1.54) is 17.2 Å². The maximum absolute atomic E-state index is 13.6. The van der Waals surface area contributed by atoms with Crippen LogP contribution in [0.4, 0.5) is 4.39 Å². The van der Waals surface area contributed by atoms with Crippen LogP contribution in [0, 0.1) is 12.7 Å². The number of aryl methyl sites for hydroxylation is 1. The van der Waals surface area contributed by atoms with Gasteiger partial charge in [0.15, 0.2) is 0 Å². The maximum atomic E-state index is 13.6. The minimum Gasteiger partial charge on any atom is -0.489 e. The average molecular weight is 349 g/mol. The summed E-state index contributed by atoms with van der Waals surface area (Å²) >= 11 is 0. The number of hydrogen-bond donors (Lipinski definition) is 1. The van der Waals surface area contributed by atoms with Gasteiger partial charge in [-0.25, -0.2) is 4.39 Å². The molecule has 1 N–H and O–H groups in total. The molecule has 134 valence electrons. The van der Waals surface area contributed by atoms with Crippen molar-refractivity contribution in [3.63, 3.8) is 0 Å². The summed E-state index contributed by atoms with van der Waals surface area (Å²) in [5.74, 6) is 0.727. The molecule has 0 aliphatic heterocycles. The molecule has 0 heterocycles. The standard InChI is InChI=1S/C23H24FNO/c1-18-6-8-20(9-7-18)17-26-22-12-10-19(11-13-22)16-25-15-14-21-4-2-3-5-23(21)24/h2-13,25H,14-17H2,1H3. The van der Waals surface area contributed by atoms with Crippen LogP contribution in [-0.2, 0) is 19.6 Å². The van der Waals surface area contributed by atoms with E-state index in [1.54, 1.807) is 6.07 Å². The smallest absolute Gasteiger partial charge is 0.126 e. The second kappa shape index (κ2) is 9.16. The highest BCUT2D eigenvalue weighted by Gasteiger charge is 2.01. The molecule has 0 aliphatic carbocycles. The highest BCUT2D eigenvalue weighted by Crippen LogP contribution is 2.15. The van der Waals surface area contributed by atoms with Crippen molar-refractivity contribution in [1.82, 2.24) is 5.32 Å². The number of rotatable bonds is 8. The predicted octanol–water partition coefficient (Wildman–Crippen LogP) is 5.05. The van der Waals surface area contributed by atoms with Crippen LogP contribution in [0.3, 0.4) is 0 Å². The Kier molecular flexibility index (Phi) is 6.39. The number of halogens is 1. The molecule has 26 heavy (non-hydrogen) atoms. The molecule has 0 radical (unpaired) electrons. The molecule has 2 nitrogen and oxygen atoms in total. The third-order valence-corrected chi connectivity index (χ3v) is 4.31. The molecular weight excluding hydrogens is 325 g/mol. The van der Waals surface area contributed by atoms with E-state index in [9.17, 15) is 4.39 Å². The Morgan fingerprint density at radius 2 is 1.54 bits per heavy atom. The molecule has 3 heteroatoms. The molecule has 3 aromatic rings. The highest BCUT2D eigenvalue weighted by molar-refractivity contribution is 5.28. The average Bonchev–Trinajstić information content (AvgIpc) is 2.67. The number of benzene rings is 3. The van der Waals surface area contributed by atoms with Gasteiger partial charge < -0.3 is 10.1 Å². The molecule has 0 amide bonds. The summed E-state index contributed by atoms with van der Waals surface area (Å²) in [6, 6.07) is 23.4. The molecule has 0 bridgehead atoms. The molecular formula is C23H24FNO. The second-order valence-corrected chi connectivity index (χ2v) is 6.44. The largest absolute Gasteiger partial charge is 0.489 e. The van der Waals surface area contributed by atoms with Gasteiger partial charge in [0.2, 0.25) is 0 Å². The first-order valence-electron chi connectivity index (χ1n) is 8.92. The zero-order valence-corrected chi connectivity index (χ0v) is 15.0. The van der Waals surface area contributed by atoms with Crippen molar-refractivity contribution in [1.29, 1.82) is 0 Å². The summed E-state index contributed by atoms with van der Waals surface area (Å²) in [4.78, 5) is 0. The molecule has 3 aromatic carbocycles. The molecule has 0 saturated heterocycles. The number of nitrogens with one attached hydrogen (secondary N) is 1. The van der Waals surface area contributed by atoms with Crippen LogP contribution in [0.1, 0.15) is 22.3 Å². The van der Waals surface area contributed by atoms with Gasteiger partial charge in [-0.05, 0) is 54.8 Å². The van der Waals surface area contributed by atoms with Gasteiger partial charge in [0.25, 0.3) is 0 Å². The lowest BCUT2D eigenvalue weighted by molar-refractivity contribution is 0.306. The summed E-state index contributed by atoms with van der Waals surface area (Å²) in [6.45, 7) is 4.15. The number of ether oxygens (including phenoxy) is 1. The quantitative estimate of drug-likeness (QED) is 0.575. The molecule has 0 unspecified atom stereocenters. The lowest BCUT2D eigenvalue weighted by Crippen LogP contribution is -2.17. The van der Waals surface area contributed by atoms with Crippen LogP contribution in [0.25, 0.3) is 0 Å². The van der Waals surface area contributed by atoms with Crippen LogP contribution >= 0.6 is 0 Å². The van der Waals surface area contributed by atoms with E-state index < -0.39 is 0 Å². The van der Waals surface area contributed by atoms with Crippen LogP contribution in [-0.4, -0.2) is 6.54 Å². The summed E-state index contributed by atoms with van der Waals surface area (Å²) in [7, 11) is 0. The fraction of sp³-hybridized carbons (Fsp3) is 0.217. The lowest BCUT2D eigenvalue weighted by Gasteiger charge is -2.09. The summed E-state index contributed by atoms with van der Waals surface area (Å²) < 4.78 is 19.4. The van der Waals surface area contributed by atoms with Gasteiger partial charge in [-0.2, -0.15) is 0 Å². The Morgan fingerprint density at radius 3 is 2.27 bits per heavy atom. The molecule has 0 aliphatic rings. The highest BCUT2D eigenvalue weighted by atomic mass is 19.1. The van der Waals surface area contributed by atoms with Crippen molar-refractivity contribution in [3.8, 4) is 5.75 Å². The second-order valence-electron chi connectivity index (χ2n) is 6.44. The molecule has 0 aromatic heterocycles. The van der Waals surface area contributed by atoms with E-state index in [0.29, 0.717) is 13.0 Å². The Labute approximate surface area is 154 Å². The number of hydrogen-bond acceptors (Lipinski definition) is 2. The minimum absolute atomic E-state index is 0.135. The van der Waals surface area contributed by atoms with Gasteiger partial charge in [0.05, 0.1) is 0 Å². The Balaban J connectivity index is 1.41. The topological polar surface area (TPSA) is 21.3 Å². The van der Waals surface area contributed by atoms with Crippen LogP contribution in [0.15, 0.2) is 72.8 Å². The molecule has 0 saturated carbocycles. The van der Waals surface area contributed by atoms with E-state index in [4.69, 9.17) is 4.74 Å². The van der Waals surface area contributed by atoms with Gasteiger partial charge in [-0.3, -0.25) is 0 Å². The van der Waals surface area contributed by atoms with Gasteiger partial charge in [-0.1, -0.05) is 60.2 Å².